The zero-order valence-corrected chi connectivity index (χ0v) is 20.3. The fraction of sp³-hybridized carbons (Fsp3) is 1.00. The lowest BCUT2D eigenvalue weighted by Crippen LogP contribution is -2.19. The summed E-state index contributed by atoms with van der Waals surface area (Å²) in [5.74, 6) is 0. The SMILES string of the molecule is CCCCCCCCCCCCCCCCOS(=O)(=O)C(F)CCCCCCC. The summed E-state index contributed by atoms with van der Waals surface area (Å²) in [5, 5.41) is 0. The number of hydrogen-bond acceptors (Lipinski definition) is 3. The van der Waals surface area contributed by atoms with Crippen LogP contribution in [0, 0.1) is 0 Å². The molecule has 0 aromatic carbocycles. The Kier molecular flexibility index (Phi) is 21.0. The number of halogens is 1. The van der Waals surface area contributed by atoms with Gasteiger partial charge in [-0.1, -0.05) is 123 Å². The predicted octanol–water partition coefficient (Wildman–Crippen LogP) is 8.47. The van der Waals surface area contributed by atoms with Gasteiger partial charge in [-0.2, -0.15) is 8.42 Å². The second-order valence-electron chi connectivity index (χ2n) is 8.52. The standard InChI is InChI=1S/C24H49FO3S/c1-3-5-7-9-10-11-12-13-14-15-16-17-19-21-23-28-29(26,27)24(25)22-20-18-8-6-4-2/h24H,3-23H2,1-2H3. The maximum atomic E-state index is 13.9. The molecule has 0 aliphatic heterocycles. The van der Waals surface area contributed by atoms with Gasteiger partial charge in [0.05, 0.1) is 6.61 Å². The maximum absolute atomic E-state index is 13.9. The van der Waals surface area contributed by atoms with E-state index in [1.807, 2.05) is 0 Å². The van der Waals surface area contributed by atoms with Crippen LogP contribution in [-0.4, -0.2) is 20.5 Å². The van der Waals surface area contributed by atoms with Crippen molar-refractivity contribution in [2.75, 3.05) is 6.61 Å². The van der Waals surface area contributed by atoms with E-state index >= 15 is 0 Å². The topological polar surface area (TPSA) is 43.4 Å². The molecule has 0 fully saturated rings. The van der Waals surface area contributed by atoms with Crippen molar-refractivity contribution in [3.05, 3.63) is 0 Å². The molecule has 0 spiro atoms. The summed E-state index contributed by atoms with van der Waals surface area (Å²) in [6, 6.07) is 0. The molecule has 0 aliphatic carbocycles. The fourth-order valence-electron chi connectivity index (χ4n) is 3.60. The molecule has 0 saturated carbocycles. The zero-order chi connectivity index (χ0) is 21.6. The third-order valence-corrected chi connectivity index (χ3v) is 6.95. The number of hydrogen-bond donors (Lipinski definition) is 0. The van der Waals surface area contributed by atoms with E-state index < -0.39 is 15.6 Å². The van der Waals surface area contributed by atoms with Crippen molar-refractivity contribution in [1.29, 1.82) is 0 Å². The molecule has 176 valence electrons. The van der Waals surface area contributed by atoms with Gasteiger partial charge in [0.2, 0.25) is 5.50 Å². The highest BCUT2D eigenvalue weighted by molar-refractivity contribution is 7.87. The van der Waals surface area contributed by atoms with Gasteiger partial charge in [-0.05, 0) is 19.3 Å². The Morgan fingerprint density at radius 1 is 0.586 bits per heavy atom. The van der Waals surface area contributed by atoms with E-state index in [0.29, 0.717) is 12.8 Å². The Labute approximate surface area is 181 Å². The molecule has 0 aromatic rings. The van der Waals surface area contributed by atoms with Crippen LogP contribution in [0.5, 0.6) is 0 Å². The minimum Gasteiger partial charge on any atom is -0.268 e. The monoisotopic (exact) mass is 436 g/mol. The molecule has 0 radical (unpaired) electrons. The molecule has 0 saturated heterocycles. The van der Waals surface area contributed by atoms with Gasteiger partial charge in [0.25, 0.3) is 10.1 Å². The van der Waals surface area contributed by atoms with Crippen LogP contribution in [0.2, 0.25) is 0 Å². The van der Waals surface area contributed by atoms with Gasteiger partial charge in [0.1, 0.15) is 0 Å². The molecule has 0 aliphatic rings. The highest BCUT2D eigenvalue weighted by Gasteiger charge is 2.25. The molecule has 0 rings (SSSR count). The summed E-state index contributed by atoms with van der Waals surface area (Å²) in [4.78, 5) is 0. The smallest absolute Gasteiger partial charge is 0.268 e. The van der Waals surface area contributed by atoms with Gasteiger partial charge in [0, 0.05) is 0 Å². The molecule has 0 heterocycles. The van der Waals surface area contributed by atoms with Gasteiger partial charge < -0.3 is 0 Å². The van der Waals surface area contributed by atoms with E-state index in [9.17, 15) is 12.8 Å². The molecule has 0 aromatic heterocycles. The average Bonchev–Trinajstić information content (AvgIpc) is 2.70. The summed E-state index contributed by atoms with van der Waals surface area (Å²) in [6.45, 7) is 4.50. The van der Waals surface area contributed by atoms with E-state index in [-0.39, 0.29) is 13.0 Å². The first-order chi connectivity index (χ1) is 14.0. The van der Waals surface area contributed by atoms with E-state index in [0.717, 1.165) is 38.5 Å². The van der Waals surface area contributed by atoms with Gasteiger partial charge in [0.15, 0.2) is 0 Å². The first kappa shape index (κ1) is 28.8. The van der Waals surface area contributed by atoms with E-state index in [4.69, 9.17) is 4.18 Å². The molecule has 0 N–H and O–H groups in total. The van der Waals surface area contributed by atoms with E-state index in [2.05, 4.69) is 13.8 Å². The predicted molar refractivity (Wildman–Crippen MR) is 123 cm³/mol. The van der Waals surface area contributed by atoms with Crippen molar-refractivity contribution in [3.8, 4) is 0 Å². The van der Waals surface area contributed by atoms with Gasteiger partial charge >= 0.3 is 0 Å². The summed E-state index contributed by atoms with van der Waals surface area (Å²) < 4.78 is 42.3. The van der Waals surface area contributed by atoms with Crippen LogP contribution in [0.3, 0.4) is 0 Å². The molecule has 0 amide bonds. The lowest BCUT2D eigenvalue weighted by atomic mass is 10.0. The molecule has 3 nitrogen and oxygen atoms in total. The van der Waals surface area contributed by atoms with Crippen LogP contribution in [0.15, 0.2) is 0 Å². The first-order valence-corrected chi connectivity index (χ1v) is 14.0. The van der Waals surface area contributed by atoms with Crippen molar-refractivity contribution >= 4 is 10.1 Å². The quantitative estimate of drug-likeness (QED) is 0.119. The molecule has 0 bridgehead atoms. The van der Waals surface area contributed by atoms with Crippen LogP contribution >= 0.6 is 0 Å². The maximum Gasteiger partial charge on any atom is 0.299 e. The highest BCUT2D eigenvalue weighted by Crippen LogP contribution is 2.17. The molecule has 29 heavy (non-hydrogen) atoms. The molecule has 5 heteroatoms. The Morgan fingerprint density at radius 3 is 1.34 bits per heavy atom. The van der Waals surface area contributed by atoms with Crippen molar-refractivity contribution < 1.29 is 17.0 Å². The van der Waals surface area contributed by atoms with E-state index in [1.54, 1.807) is 0 Å². The van der Waals surface area contributed by atoms with Crippen LogP contribution in [0.1, 0.15) is 142 Å². The molecule has 1 unspecified atom stereocenters. The highest BCUT2D eigenvalue weighted by atomic mass is 32.2. The number of rotatable bonds is 23. The Morgan fingerprint density at radius 2 is 0.931 bits per heavy atom. The summed E-state index contributed by atoms with van der Waals surface area (Å²) in [5.41, 5.74) is -1.87. The summed E-state index contributed by atoms with van der Waals surface area (Å²) in [6.07, 6.45) is 22.4. The lowest BCUT2D eigenvalue weighted by molar-refractivity contribution is 0.270. The normalized spacial score (nSPS) is 13.1. The molecular formula is C24H49FO3S. The Balaban J connectivity index is 3.41. The van der Waals surface area contributed by atoms with Crippen molar-refractivity contribution in [1.82, 2.24) is 0 Å². The number of unbranched alkanes of at least 4 members (excludes halogenated alkanes) is 17. The largest absolute Gasteiger partial charge is 0.299 e. The van der Waals surface area contributed by atoms with Crippen LogP contribution in [0.4, 0.5) is 4.39 Å². The minimum atomic E-state index is -4.04. The van der Waals surface area contributed by atoms with Gasteiger partial charge in [-0.3, -0.25) is 4.18 Å². The second kappa shape index (κ2) is 21.1. The minimum absolute atomic E-state index is 0.0603. The van der Waals surface area contributed by atoms with Crippen molar-refractivity contribution in [2.45, 2.75) is 148 Å². The van der Waals surface area contributed by atoms with Gasteiger partial charge in [-0.15, -0.1) is 0 Å². The van der Waals surface area contributed by atoms with Crippen LogP contribution in [0.25, 0.3) is 0 Å². The van der Waals surface area contributed by atoms with Crippen molar-refractivity contribution in [2.24, 2.45) is 0 Å². The first-order valence-electron chi connectivity index (χ1n) is 12.6. The number of alkyl halides is 1. The fourth-order valence-corrected chi connectivity index (χ4v) is 4.55. The molecular weight excluding hydrogens is 387 g/mol. The molecule has 1 atom stereocenters. The Bertz CT molecular complexity index is 426. The van der Waals surface area contributed by atoms with E-state index in [1.165, 1.54) is 70.6 Å². The summed E-state index contributed by atoms with van der Waals surface area (Å²) >= 11 is 0. The Hall–Kier alpha value is -0.160. The summed E-state index contributed by atoms with van der Waals surface area (Å²) in [7, 11) is -4.04. The van der Waals surface area contributed by atoms with Gasteiger partial charge in [-0.25, -0.2) is 4.39 Å². The van der Waals surface area contributed by atoms with Crippen LogP contribution < -0.4 is 0 Å². The lowest BCUT2D eigenvalue weighted by Gasteiger charge is -2.10. The van der Waals surface area contributed by atoms with Crippen molar-refractivity contribution in [3.63, 3.8) is 0 Å². The zero-order valence-electron chi connectivity index (χ0n) is 19.4. The van der Waals surface area contributed by atoms with Crippen LogP contribution in [-0.2, 0) is 14.3 Å². The third-order valence-electron chi connectivity index (χ3n) is 5.59. The third kappa shape index (κ3) is 19.5. The second-order valence-corrected chi connectivity index (χ2v) is 10.3. The average molecular weight is 437 g/mol.